The fourth-order valence-corrected chi connectivity index (χ4v) is 4.91. The lowest BCUT2D eigenvalue weighted by Gasteiger charge is -2.21. The second-order valence-corrected chi connectivity index (χ2v) is 7.36. The van der Waals surface area contributed by atoms with Gasteiger partial charge in [-0.2, -0.15) is 0 Å². The number of aromatic nitrogens is 1. The minimum absolute atomic E-state index is 0.100. The van der Waals surface area contributed by atoms with Gasteiger partial charge in [0.15, 0.2) is 4.08 Å². The fraction of sp³-hybridized carbons (Fsp3) is 0.538. The molecular formula is C13H17NO2S2. The predicted octanol–water partition coefficient (Wildman–Crippen LogP) is 3.27. The van der Waals surface area contributed by atoms with E-state index < -0.39 is 4.08 Å². The van der Waals surface area contributed by atoms with E-state index in [4.69, 9.17) is 4.74 Å². The van der Waals surface area contributed by atoms with Crippen molar-refractivity contribution in [1.29, 1.82) is 0 Å². The zero-order valence-electron chi connectivity index (χ0n) is 10.6. The molecule has 0 N–H and O–H groups in total. The molecule has 98 valence electrons. The average Bonchev–Trinajstić information content (AvgIpc) is 2.69. The maximum absolute atomic E-state index is 12.2. The summed E-state index contributed by atoms with van der Waals surface area (Å²) in [5.74, 6) is 1.73. The van der Waals surface area contributed by atoms with Gasteiger partial charge in [0.25, 0.3) is 0 Å². The largest absolute Gasteiger partial charge is 0.454 e. The zero-order chi connectivity index (χ0) is 13.0. The molecule has 3 nitrogen and oxygen atoms in total. The van der Waals surface area contributed by atoms with Crippen molar-refractivity contribution in [1.82, 2.24) is 4.98 Å². The maximum atomic E-state index is 12.2. The summed E-state index contributed by atoms with van der Waals surface area (Å²) in [6.45, 7) is 4.15. The van der Waals surface area contributed by atoms with Gasteiger partial charge in [0.05, 0.1) is 5.69 Å². The van der Waals surface area contributed by atoms with Gasteiger partial charge in [0.2, 0.25) is 0 Å². The molecule has 2 rings (SSSR count). The molecule has 0 amide bonds. The summed E-state index contributed by atoms with van der Waals surface area (Å²) < 4.78 is 5.09. The Morgan fingerprint density at radius 2 is 2.11 bits per heavy atom. The third-order valence-corrected chi connectivity index (χ3v) is 5.67. The average molecular weight is 283 g/mol. The van der Waals surface area contributed by atoms with E-state index in [9.17, 15) is 4.79 Å². The molecular weight excluding hydrogens is 266 g/mol. The van der Waals surface area contributed by atoms with Crippen LogP contribution in [0.25, 0.3) is 0 Å². The molecule has 1 aromatic rings. The van der Waals surface area contributed by atoms with E-state index in [1.54, 1.807) is 29.7 Å². The van der Waals surface area contributed by atoms with Crippen molar-refractivity contribution in [2.24, 2.45) is 0 Å². The van der Waals surface area contributed by atoms with Gasteiger partial charge in [0.1, 0.15) is 6.10 Å². The highest BCUT2D eigenvalue weighted by Crippen LogP contribution is 2.50. The Kier molecular flexibility index (Phi) is 4.56. The molecule has 1 aliphatic rings. The van der Waals surface area contributed by atoms with Crippen molar-refractivity contribution in [3.8, 4) is 0 Å². The molecule has 0 aromatic carbocycles. The van der Waals surface area contributed by atoms with Crippen LogP contribution in [0.4, 0.5) is 0 Å². The van der Waals surface area contributed by atoms with Crippen LogP contribution < -0.4 is 0 Å². The number of cyclic esters (lactones) is 1. The molecule has 0 bridgehead atoms. The third-order valence-electron chi connectivity index (χ3n) is 2.79. The summed E-state index contributed by atoms with van der Waals surface area (Å²) in [7, 11) is 0. The molecule has 0 aliphatic carbocycles. The number of thioether (sulfide) groups is 2. The predicted molar refractivity (Wildman–Crippen MR) is 76.7 cm³/mol. The summed E-state index contributed by atoms with van der Waals surface area (Å²) in [5.41, 5.74) is 0.848. The maximum Gasteiger partial charge on any atom is 0.333 e. The van der Waals surface area contributed by atoms with E-state index in [-0.39, 0.29) is 12.1 Å². The zero-order valence-corrected chi connectivity index (χ0v) is 12.2. The molecule has 1 aromatic heterocycles. The van der Waals surface area contributed by atoms with Gasteiger partial charge in [-0.3, -0.25) is 4.98 Å². The lowest BCUT2D eigenvalue weighted by atomic mass is 10.1. The van der Waals surface area contributed by atoms with Gasteiger partial charge >= 0.3 is 5.97 Å². The molecule has 2 heterocycles. The minimum atomic E-state index is -0.439. The highest BCUT2D eigenvalue weighted by Gasteiger charge is 2.50. The molecule has 0 spiro atoms. The summed E-state index contributed by atoms with van der Waals surface area (Å²) in [4.78, 5) is 16.5. The van der Waals surface area contributed by atoms with Crippen molar-refractivity contribution in [2.75, 3.05) is 11.5 Å². The Labute approximate surface area is 116 Å². The van der Waals surface area contributed by atoms with Crippen molar-refractivity contribution in [3.63, 3.8) is 0 Å². The Morgan fingerprint density at radius 3 is 2.67 bits per heavy atom. The molecule has 1 fully saturated rings. The van der Waals surface area contributed by atoms with Crippen molar-refractivity contribution in [3.05, 3.63) is 30.1 Å². The van der Waals surface area contributed by atoms with E-state index >= 15 is 0 Å². The van der Waals surface area contributed by atoms with Crippen LogP contribution in [0.1, 0.15) is 32.1 Å². The quantitative estimate of drug-likeness (QED) is 0.612. The van der Waals surface area contributed by atoms with Gasteiger partial charge in [0, 0.05) is 12.6 Å². The molecule has 1 aliphatic heterocycles. The number of esters is 1. The Morgan fingerprint density at radius 1 is 1.39 bits per heavy atom. The molecule has 18 heavy (non-hydrogen) atoms. The van der Waals surface area contributed by atoms with E-state index in [1.165, 1.54) is 0 Å². The SMILES string of the molecule is CCSC1(SCC)C[C@H](c2ccccn2)OC1=O. The molecule has 0 radical (unpaired) electrons. The van der Waals surface area contributed by atoms with Crippen LogP contribution in [0.3, 0.4) is 0 Å². The summed E-state index contributed by atoms with van der Waals surface area (Å²) in [6.07, 6.45) is 2.25. The fourth-order valence-electron chi connectivity index (χ4n) is 2.06. The number of hydrogen-bond acceptors (Lipinski definition) is 5. The third kappa shape index (κ3) is 2.67. The molecule has 1 saturated heterocycles. The second kappa shape index (κ2) is 5.97. The van der Waals surface area contributed by atoms with Crippen LogP contribution in [0.15, 0.2) is 24.4 Å². The Balaban J connectivity index is 2.19. The van der Waals surface area contributed by atoms with Gasteiger partial charge in [-0.15, -0.1) is 23.5 Å². The smallest absolute Gasteiger partial charge is 0.333 e. The summed E-state index contributed by atoms with van der Waals surface area (Å²) >= 11 is 3.36. The first-order chi connectivity index (χ1) is 8.72. The Hall–Kier alpha value is -0.680. The number of rotatable bonds is 5. The first kappa shape index (κ1) is 13.7. The van der Waals surface area contributed by atoms with Crippen molar-refractivity contribution >= 4 is 29.5 Å². The molecule has 1 atom stereocenters. The molecule has 5 heteroatoms. The van der Waals surface area contributed by atoms with Crippen molar-refractivity contribution < 1.29 is 9.53 Å². The monoisotopic (exact) mass is 283 g/mol. The summed E-state index contributed by atoms with van der Waals surface area (Å²) in [6, 6.07) is 5.71. The lowest BCUT2D eigenvalue weighted by molar-refractivity contribution is -0.142. The van der Waals surface area contributed by atoms with E-state index in [0.717, 1.165) is 17.2 Å². The highest BCUT2D eigenvalue weighted by molar-refractivity contribution is 8.19. The second-order valence-electron chi connectivity index (χ2n) is 3.97. The first-order valence-electron chi connectivity index (χ1n) is 6.11. The number of ether oxygens (including phenoxy) is 1. The van der Waals surface area contributed by atoms with Crippen LogP contribution in [-0.2, 0) is 9.53 Å². The van der Waals surface area contributed by atoms with E-state index in [2.05, 4.69) is 18.8 Å². The first-order valence-corrected chi connectivity index (χ1v) is 8.09. The van der Waals surface area contributed by atoms with Gasteiger partial charge in [-0.1, -0.05) is 19.9 Å². The Bertz CT molecular complexity index is 405. The van der Waals surface area contributed by atoms with Crippen LogP contribution in [-0.4, -0.2) is 26.5 Å². The number of hydrogen-bond donors (Lipinski definition) is 0. The van der Waals surface area contributed by atoms with Crippen molar-refractivity contribution in [2.45, 2.75) is 30.5 Å². The standard InChI is InChI=1S/C13H17NO2S2/c1-3-17-13(18-4-2)9-11(16-12(13)15)10-7-5-6-8-14-10/h5-8,11H,3-4,9H2,1-2H3/t11-/m1/s1. The van der Waals surface area contributed by atoms with E-state index in [1.807, 2.05) is 18.2 Å². The number of carbonyl (C=O) groups excluding carboxylic acids is 1. The topological polar surface area (TPSA) is 39.2 Å². The highest BCUT2D eigenvalue weighted by atomic mass is 32.2. The number of nitrogens with zero attached hydrogens (tertiary/aromatic N) is 1. The van der Waals surface area contributed by atoms with Gasteiger partial charge in [-0.05, 0) is 23.6 Å². The summed E-state index contributed by atoms with van der Waals surface area (Å²) in [5, 5.41) is 0. The van der Waals surface area contributed by atoms with E-state index in [0.29, 0.717) is 6.42 Å². The van der Waals surface area contributed by atoms with Crippen LogP contribution in [0, 0.1) is 0 Å². The molecule has 0 unspecified atom stereocenters. The lowest BCUT2D eigenvalue weighted by Crippen LogP contribution is -2.26. The number of pyridine rings is 1. The normalized spacial score (nSPS) is 21.9. The van der Waals surface area contributed by atoms with Crippen LogP contribution in [0.2, 0.25) is 0 Å². The van der Waals surface area contributed by atoms with Crippen LogP contribution >= 0.6 is 23.5 Å². The van der Waals surface area contributed by atoms with Gasteiger partial charge < -0.3 is 4.74 Å². The minimum Gasteiger partial charge on any atom is -0.454 e. The van der Waals surface area contributed by atoms with Gasteiger partial charge in [-0.25, -0.2) is 4.79 Å². The molecule has 0 saturated carbocycles. The van der Waals surface area contributed by atoms with Crippen LogP contribution in [0.5, 0.6) is 0 Å². The number of carbonyl (C=O) groups is 1.